The average Bonchev–Trinajstić information content (AvgIpc) is 2.53. The van der Waals surface area contributed by atoms with Gasteiger partial charge in [0.15, 0.2) is 5.78 Å². The van der Waals surface area contributed by atoms with Gasteiger partial charge in [0.2, 0.25) is 5.76 Å². The van der Waals surface area contributed by atoms with Crippen LogP contribution in [0.2, 0.25) is 0 Å². The van der Waals surface area contributed by atoms with Gasteiger partial charge in [0.1, 0.15) is 11.9 Å². The van der Waals surface area contributed by atoms with Crippen molar-refractivity contribution >= 4 is 22.5 Å². The van der Waals surface area contributed by atoms with Gasteiger partial charge in [0, 0.05) is 11.6 Å². The zero-order valence-electron chi connectivity index (χ0n) is 11.9. The predicted octanol–water partition coefficient (Wildman–Crippen LogP) is 2.63. The monoisotopic (exact) mass is 298 g/mol. The molecule has 0 bridgehead atoms. The maximum atomic E-state index is 11.9. The van der Waals surface area contributed by atoms with E-state index in [-0.39, 0.29) is 23.7 Å². The first-order chi connectivity index (χ1) is 10.6. The Morgan fingerprint density at radius 1 is 1.27 bits per heavy atom. The SMILES string of the molecule is COC(=O)C1=CC(=O)C[C@@H](c2c(O)ccc3ccccc23)O1. The Balaban J connectivity index is 2.08. The summed E-state index contributed by atoms with van der Waals surface area (Å²) in [6.45, 7) is 0. The molecule has 0 spiro atoms. The van der Waals surface area contributed by atoms with E-state index in [0.29, 0.717) is 5.56 Å². The second-order valence-corrected chi connectivity index (χ2v) is 5.00. The number of phenols is 1. The summed E-state index contributed by atoms with van der Waals surface area (Å²) in [5.74, 6) is -1.07. The summed E-state index contributed by atoms with van der Waals surface area (Å²) in [6.07, 6.45) is 0.463. The molecular formula is C17H14O5. The Morgan fingerprint density at radius 3 is 2.82 bits per heavy atom. The van der Waals surface area contributed by atoms with Crippen molar-refractivity contribution in [2.75, 3.05) is 7.11 Å². The molecule has 5 heteroatoms. The van der Waals surface area contributed by atoms with Gasteiger partial charge in [-0.3, -0.25) is 4.79 Å². The van der Waals surface area contributed by atoms with Crippen molar-refractivity contribution < 1.29 is 24.2 Å². The van der Waals surface area contributed by atoms with Crippen LogP contribution >= 0.6 is 0 Å². The van der Waals surface area contributed by atoms with Gasteiger partial charge in [-0.15, -0.1) is 0 Å². The number of ether oxygens (including phenoxy) is 2. The van der Waals surface area contributed by atoms with Crippen molar-refractivity contribution in [2.45, 2.75) is 12.5 Å². The first kappa shape index (κ1) is 14.1. The third-order valence-electron chi connectivity index (χ3n) is 3.60. The summed E-state index contributed by atoms with van der Waals surface area (Å²) < 4.78 is 10.2. The minimum Gasteiger partial charge on any atom is -0.508 e. The van der Waals surface area contributed by atoms with Crippen molar-refractivity contribution in [1.82, 2.24) is 0 Å². The minimum atomic E-state index is -0.724. The summed E-state index contributed by atoms with van der Waals surface area (Å²) in [4.78, 5) is 23.5. The number of carbonyl (C=O) groups excluding carboxylic acids is 2. The number of aromatic hydroxyl groups is 1. The van der Waals surface area contributed by atoms with Crippen LogP contribution in [-0.4, -0.2) is 24.0 Å². The highest BCUT2D eigenvalue weighted by Gasteiger charge is 2.30. The van der Waals surface area contributed by atoms with Crippen LogP contribution in [0.1, 0.15) is 18.1 Å². The summed E-state index contributed by atoms with van der Waals surface area (Å²) in [6, 6.07) is 10.8. The molecule has 0 unspecified atom stereocenters. The molecule has 0 saturated heterocycles. The predicted molar refractivity (Wildman–Crippen MR) is 79.2 cm³/mol. The topological polar surface area (TPSA) is 72.8 Å². The largest absolute Gasteiger partial charge is 0.508 e. The van der Waals surface area contributed by atoms with E-state index in [1.54, 1.807) is 12.1 Å². The lowest BCUT2D eigenvalue weighted by Crippen LogP contribution is -2.21. The number of allylic oxidation sites excluding steroid dienone is 1. The molecule has 2 aromatic rings. The van der Waals surface area contributed by atoms with Crippen molar-refractivity contribution in [3.8, 4) is 5.75 Å². The van der Waals surface area contributed by atoms with Crippen LogP contribution in [0.25, 0.3) is 10.8 Å². The number of hydrogen-bond acceptors (Lipinski definition) is 5. The average molecular weight is 298 g/mol. The highest BCUT2D eigenvalue weighted by molar-refractivity contribution is 6.00. The zero-order valence-corrected chi connectivity index (χ0v) is 11.9. The molecule has 3 rings (SSSR count). The molecule has 1 aliphatic heterocycles. The Kier molecular flexibility index (Phi) is 3.55. The van der Waals surface area contributed by atoms with Crippen LogP contribution in [0.3, 0.4) is 0 Å². The van der Waals surface area contributed by atoms with E-state index in [0.717, 1.165) is 16.8 Å². The van der Waals surface area contributed by atoms with Crippen LogP contribution in [0.5, 0.6) is 5.75 Å². The molecule has 1 aliphatic rings. The molecule has 0 aliphatic carbocycles. The number of methoxy groups -OCH3 is 1. The summed E-state index contributed by atoms with van der Waals surface area (Å²) >= 11 is 0. The third kappa shape index (κ3) is 2.41. The van der Waals surface area contributed by atoms with Crippen molar-refractivity contribution in [2.24, 2.45) is 0 Å². The normalized spacial score (nSPS) is 17.8. The van der Waals surface area contributed by atoms with E-state index in [4.69, 9.17) is 4.74 Å². The van der Waals surface area contributed by atoms with Crippen LogP contribution < -0.4 is 0 Å². The number of benzene rings is 2. The Labute approximate surface area is 126 Å². The zero-order chi connectivity index (χ0) is 15.7. The number of ketones is 1. The lowest BCUT2D eigenvalue weighted by molar-refractivity contribution is -0.143. The fraction of sp³-hybridized carbons (Fsp3) is 0.176. The highest BCUT2D eigenvalue weighted by atomic mass is 16.6. The fourth-order valence-corrected chi connectivity index (χ4v) is 2.61. The number of hydrogen-bond donors (Lipinski definition) is 1. The Bertz CT molecular complexity index is 791. The van der Waals surface area contributed by atoms with E-state index >= 15 is 0 Å². The summed E-state index contributed by atoms with van der Waals surface area (Å²) in [5, 5.41) is 11.9. The second kappa shape index (κ2) is 5.52. The van der Waals surface area contributed by atoms with Crippen molar-refractivity contribution in [1.29, 1.82) is 0 Å². The Morgan fingerprint density at radius 2 is 2.05 bits per heavy atom. The summed E-state index contributed by atoms with van der Waals surface area (Å²) in [5.41, 5.74) is 0.501. The molecule has 2 aromatic carbocycles. The van der Waals surface area contributed by atoms with E-state index in [1.165, 1.54) is 7.11 Å². The van der Waals surface area contributed by atoms with E-state index in [2.05, 4.69) is 4.74 Å². The molecule has 0 aromatic heterocycles. The standard InChI is InChI=1S/C17H14O5/c1-21-17(20)15-9-11(18)8-14(22-15)16-12-5-3-2-4-10(12)6-7-13(16)19/h2-7,9,14,19H,8H2,1H3/t14-/m0/s1. The Hall–Kier alpha value is -2.82. The second-order valence-electron chi connectivity index (χ2n) is 5.00. The molecule has 0 fully saturated rings. The molecule has 1 N–H and O–H groups in total. The highest BCUT2D eigenvalue weighted by Crippen LogP contribution is 2.38. The molecule has 5 nitrogen and oxygen atoms in total. The fourth-order valence-electron chi connectivity index (χ4n) is 2.61. The first-order valence-electron chi connectivity index (χ1n) is 6.80. The molecule has 1 heterocycles. The lowest BCUT2D eigenvalue weighted by Gasteiger charge is -2.24. The molecule has 22 heavy (non-hydrogen) atoms. The van der Waals surface area contributed by atoms with Crippen LogP contribution in [0.15, 0.2) is 48.2 Å². The molecule has 0 amide bonds. The van der Waals surface area contributed by atoms with Crippen LogP contribution in [0.4, 0.5) is 0 Å². The number of fused-ring (bicyclic) bond motifs is 1. The van der Waals surface area contributed by atoms with Crippen molar-refractivity contribution in [3.05, 3.63) is 53.8 Å². The molecular weight excluding hydrogens is 284 g/mol. The number of phenolic OH excluding ortho intramolecular Hbond substituents is 1. The number of rotatable bonds is 2. The van der Waals surface area contributed by atoms with Gasteiger partial charge in [-0.2, -0.15) is 0 Å². The van der Waals surface area contributed by atoms with Crippen molar-refractivity contribution in [3.63, 3.8) is 0 Å². The maximum Gasteiger partial charge on any atom is 0.373 e. The lowest BCUT2D eigenvalue weighted by atomic mass is 9.95. The van der Waals surface area contributed by atoms with Gasteiger partial charge in [-0.25, -0.2) is 4.79 Å². The van der Waals surface area contributed by atoms with Crippen LogP contribution in [-0.2, 0) is 19.1 Å². The van der Waals surface area contributed by atoms with Gasteiger partial charge < -0.3 is 14.6 Å². The third-order valence-corrected chi connectivity index (χ3v) is 3.60. The van der Waals surface area contributed by atoms with E-state index in [1.807, 2.05) is 24.3 Å². The quantitative estimate of drug-likeness (QED) is 0.863. The van der Waals surface area contributed by atoms with Gasteiger partial charge in [-0.05, 0) is 16.8 Å². The first-order valence-corrected chi connectivity index (χ1v) is 6.80. The summed E-state index contributed by atoms with van der Waals surface area (Å²) in [7, 11) is 1.22. The van der Waals surface area contributed by atoms with Gasteiger partial charge in [-0.1, -0.05) is 30.3 Å². The number of esters is 1. The van der Waals surface area contributed by atoms with Gasteiger partial charge in [0.05, 0.1) is 13.5 Å². The van der Waals surface area contributed by atoms with E-state index in [9.17, 15) is 14.7 Å². The van der Waals surface area contributed by atoms with Gasteiger partial charge >= 0.3 is 5.97 Å². The molecule has 0 saturated carbocycles. The smallest absolute Gasteiger partial charge is 0.373 e. The van der Waals surface area contributed by atoms with Crippen LogP contribution in [0, 0.1) is 0 Å². The van der Waals surface area contributed by atoms with Gasteiger partial charge in [0.25, 0.3) is 0 Å². The molecule has 1 atom stereocenters. The number of carbonyl (C=O) groups is 2. The maximum absolute atomic E-state index is 11.9. The van der Waals surface area contributed by atoms with E-state index < -0.39 is 12.1 Å². The molecule has 112 valence electrons. The molecule has 0 radical (unpaired) electrons. The minimum absolute atomic E-state index is 0.0302.